The molecule has 4 heteroatoms. The molecule has 0 saturated carbocycles. The first-order valence-electron chi connectivity index (χ1n) is 5.49. The van der Waals surface area contributed by atoms with Crippen LogP contribution in [0.4, 0.5) is 5.69 Å². The van der Waals surface area contributed by atoms with Crippen LogP contribution in [0, 0.1) is 0 Å². The minimum absolute atomic E-state index is 0.555. The second-order valence-electron chi connectivity index (χ2n) is 3.73. The maximum atomic E-state index is 5.58. The lowest BCUT2D eigenvalue weighted by Gasteiger charge is -2.09. The molecule has 0 saturated heterocycles. The molecule has 0 aliphatic carbocycles. The highest BCUT2D eigenvalue weighted by Crippen LogP contribution is 2.28. The highest BCUT2D eigenvalue weighted by molar-refractivity contribution is 5.65. The van der Waals surface area contributed by atoms with Gasteiger partial charge in [0, 0.05) is 0 Å². The van der Waals surface area contributed by atoms with Gasteiger partial charge in [-0.1, -0.05) is 13.0 Å². The number of hydrogen-bond donors (Lipinski definition) is 1. The summed E-state index contributed by atoms with van der Waals surface area (Å²) >= 11 is 0. The van der Waals surface area contributed by atoms with Crippen molar-refractivity contribution in [1.82, 2.24) is 9.97 Å². The van der Waals surface area contributed by atoms with Gasteiger partial charge < -0.3 is 10.5 Å². The highest BCUT2D eigenvalue weighted by atomic mass is 16.5. The van der Waals surface area contributed by atoms with Gasteiger partial charge in [0.25, 0.3) is 0 Å². The van der Waals surface area contributed by atoms with E-state index in [9.17, 15) is 0 Å². The molecule has 0 radical (unpaired) electrons. The van der Waals surface area contributed by atoms with Crippen LogP contribution in [0.1, 0.15) is 12.5 Å². The molecule has 1 heterocycles. The van der Waals surface area contributed by atoms with Crippen molar-refractivity contribution in [2.45, 2.75) is 13.3 Å². The summed E-state index contributed by atoms with van der Waals surface area (Å²) in [6, 6.07) is 6.03. The van der Waals surface area contributed by atoms with Crippen LogP contribution in [0.3, 0.4) is 0 Å². The number of aromatic nitrogens is 2. The summed E-state index contributed by atoms with van der Waals surface area (Å²) in [6.07, 6.45) is 4.16. The Morgan fingerprint density at radius 2 is 1.94 bits per heavy atom. The molecule has 88 valence electrons. The molecule has 0 amide bonds. The monoisotopic (exact) mass is 229 g/mol. The fraction of sp³-hybridized carbons (Fsp3) is 0.231. The van der Waals surface area contributed by atoms with Crippen molar-refractivity contribution in [2.24, 2.45) is 0 Å². The zero-order valence-corrected chi connectivity index (χ0v) is 9.97. The van der Waals surface area contributed by atoms with E-state index in [0.717, 1.165) is 17.7 Å². The molecule has 2 rings (SSSR count). The molecular weight excluding hydrogens is 214 g/mol. The third-order valence-electron chi connectivity index (χ3n) is 2.58. The number of anilines is 1. The van der Waals surface area contributed by atoms with Gasteiger partial charge >= 0.3 is 0 Å². The number of nitrogen functional groups attached to an aromatic ring is 1. The first-order valence-corrected chi connectivity index (χ1v) is 5.49. The molecule has 0 aliphatic heterocycles. The minimum atomic E-state index is 0.555. The van der Waals surface area contributed by atoms with Crippen LogP contribution < -0.4 is 10.5 Å². The quantitative estimate of drug-likeness (QED) is 0.877. The van der Waals surface area contributed by atoms with Crippen molar-refractivity contribution >= 4 is 5.69 Å². The fourth-order valence-corrected chi connectivity index (χ4v) is 1.63. The normalized spacial score (nSPS) is 10.2. The zero-order valence-electron chi connectivity index (χ0n) is 9.97. The standard InChI is InChI=1S/C13H15N3O/c1-3-9-4-5-12(17-2)11(6-9)13-15-7-10(14)8-16-13/h4-8H,3,14H2,1-2H3. The van der Waals surface area contributed by atoms with Crippen molar-refractivity contribution < 1.29 is 4.74 Å². The Bertz CT molecular complexity index is 509. The number of nitrogens with two attached hydrogens (primary N) is 1. The van der Waals surface area contributed by atoms with Crippen LogP contribution in [0.25, 0.3) is 11.4 Å². The summed E-state index contributed by atoms with van der Waals surface area (Å²) in [5.41, 5.74) is 8.25. The van der Waals surface area contributed by atoms with Gasteiger partial charge in [-0.3, -0.25) is 0 Å². The van der Waals surface area contributed by atoms with Gasteiger partial charge in [0.15, 0.2) is 5.82 Å². The van der Waals surface area contributed by atoms with Gasteiger partial charge in [-0.15, -0.1) is 0 Å². The molecule has 1 aromatic heterocycles. The average molecular weight is 229 g/mol. The number of ether oxygens (including phenoxy) is 1. The van der Waals surface area contributed by atoms with Gasteiger partial charge in [-0.05, 0) is 24.1 Å². The summed E-state index contributed by atoms with van der Waals surface area (Å²) in [7, 11) is 1.64. The Balaban J connectivity index is 2.51. The van der Waals surface area contributed by atoms with E-state index in [0.29, 0.717) is 11.5 Å². The Morgan fingerprint density at radius 1 is 1.24 bits per heavy atom. The highest BCUT2D eigenvalue weighted by Gasteiger charge is 2.09. The first-order chi connectivity index (χ1) is 8.24. The average Bonchev–Trinajstić information content (AvgIpc) is 2.39. The molecule has 1 aromatic carbocycles. The zero-order chi connectivity index (χ0) is 12.3. The lowest BCUT2D eigenvalue weighted by molar-refractivity contribution is 0.416. The number of aryl methyl sites for hydroxylation is 1. The van der Waals surface area contributed by atoms with Crippen molar-refractivity contribution in [3.05, 3.63) is 36.2 Å². The Morgan fingerprint density at radius 3 is 2.53 bits per heavy atom. The second kappa shape index (κ2) is 4.82. The fourth-order valence-electron chi connectivity index (χ4n) is 1.63. The van der Waals surface area contributed by atoms with E-state index >= 15 is 0 Å². The molecule has 0 fully saturated rings. The van der Waals surface area contributed by atoms with Gasteiger partial charge in [-0.2, -0.15) is 0 Å². The van der Waals surface area contributed by atoms with Gasteiger partial charge in [-0.25, -0.2) is 9.97 Å². The van der Waals surface area contributed by atoms with Crippen LogP contribution in [0.2, 0.25) is 0 Å². The number of benzene rings is 1. The Kier molecular flexibility index (Phi) is 3.23. The van der Waals surface area contributed by atoms with Gasteiger partial charge in [0.1, 0.15) is 5.75 Å². The van der Waals surface area contributed by atoms with Crippen molar-refractivity contribution in [1.29, 1.82) is 0 Å². The third kappa shape index (κ3) is 2.36. The van der Waals surface area contributed by atoms with E-state index in [1.165, 1.54) is 5.56 Å². The first kappa shape index (κ1) is 11.4. The molecule has 2 N–H and O–H groups in total. The Labute approximate surface area is 100 Å². The number of methoxy groups -OCH3 is 1. The summed E-state index contributed by atoms with van der Waals surface area (Å²) < 4.78 is 5.32. The molecule has 2 aromatic rings. The van der Waals surface area contributed by atoms with Crippen LogP contribution in [0.15, 0.2) is 30.6 Å². The SMILES string of the molecule is CCc1ccc(OC)c(-c2ncc(N)cn2)c1. The summed E-state index contributed by atoms with van der Waals surface area (Å²) in [5.74, 6) is 1.40. The molecular formula is C13H15N3O. The van der Waals surface area contributed by atoms with Crippen molar-refractivity contribution in [3.63, 3.8) is 0 Å². The third-order valence-corrected chi connectivity index (χ3v) is 2.58. The van der Waals surface area contributed by atoms with E-state index in [4.69, 9.17) is 10.5 Å². The minimum Gasteiger partial charge on any atom is -0.496 e. The van der Waals surface area contributed by atoms with E-state index in [1.54, 1.807) is 19.5 Å². The van der Waals surface area contributed by atoms with Gasteiger partial charge in [0.05, 0.1) is 30.8 Å². The number of rotatable bonds is 3. The lowest BCUT2D eigenvalue weighted by atomic mass is 10.1. The molecule has 4 nitrogen and oxygen atoms in total. The van der Waals surface area contributed by atoms with Crippen LogP contribution >= 0.6 is 0 Å². The lowest BCUT2D eigenvalue weighted by Crippen LogP contribution is -1.96. The molecule has 0 unspecified atom stereocenters. The predicted octanol–water partition coefficient (Wildman–Crippen LogP) is 2.30. The van der Waals surface area contributed by atoms with Crippen molar-refractivity contribution in [3.8, 4) is 17.1 Å². The van der Waals surface area contributed by atoms with E-state index in [-0.39, 0.29) is 0 Å². The topological polar surface area (TPSA) is 61.0 Å². The number of hydrogen-bond acceptors (Lipinski definition) is 4. The van der Waals surface area contributed by atoms with E-state index in [2.05, 4.69) is 16.9 Å². The van der Waals surface area contributed by atoms with Crippen LogP contribution in [-0.4, -0.2) is 17.1 Å². The maximum absolute atomic E-state index is 5.58. The smallest absolute Gasteiger partial charge is 0.163 e. The van der Waals surface area contributed by atoms with Crippen LogP contribution in [0.5, 0.6) is 5.75 Å². The molecule has 0 spiro atoms. The van der Waals surface area contributed by atoms with Crippen LogP contribution in [-0.2, 0) is 6.42 Å². The second-order valence-corrected chi connectivity index (χ2v) is 3.73. The summed E-state index contributed by atoms with van der Waals surface area (Å²) in [4.78, 5) is 8.43. The van der Waals surface area contributed by atoms with E-state index < -0.39 is 0 Å². The predicted molar refractivity (Wildman–Crippen MR) is 67.8 cm³/mol. The van der Waals surface area contributed by atoms with E-state index in [1.807, 2.05) is 18.2 Å². The molecule has 0 aliphatic rings. The maximum Gasteiger partial charge on any atom is 0.163 e. The number of nitrogens with zero attached hydrogens (tertiary/aromatic N) is 2. The van der Waals surface area contributed by atoms with Crippen molar-refractivity contribution in [2.75, 3.05) is 12.8 Å². The molecule has 0 bridgehead atoms. The summed E-state index contributed by atoms with van der Waals surface area (Å²) in [6.45, 7) is 2.11. The van der Waals surface area contributed by atoms with Gasteiger partial charge in [0.2, 0.25) is 0 Å². The largest absolute Gasteiger partial charge is 0.496 e. The molecule has 17 heavy (non-hydrogen) atoms. The molecule has 0 atom stereocenters. The Hall–Kier alpha value is -2.10. The summed E-state index contributed by atoms with van der Waals surface area (Å²) in [5, 5.41) is 0.